The second-order valence-electron chi connectivity index (χ2n) is 6.99. The number of aromatic nitrogens is 1. The first-order chi connectivity index (χ1) is 11.8. The molecule has 2 aliphatic rings. The Morgan fingerprint density at radius 1 is 1.17 bits per heavy atom. The largest absolute Gasteiger partial charge is 0.360 e. The Morgan fingerprint density at radius 2 is 1.96 bits per heavy atom. The lowest BCUT2D eigenvalue weighted by molar-refractivity contribution is 0.0886. The molecule has 0 spiro atoms. The first kappa shape index (κ1) is 15.6. The molecule has 1 atom stereocenters. The highest BCUT2D eigenvalue weighted by atomic mass is 16.5. The molecule has 4 heteroatoms. The van der Waals surface area contributed by atoms with Gasteiger partial charge in [0, 0.05) is 17.9 Å². The van der Waals surface area contributed by atoms with E-state index in [0.717, 1.165) is 54.8 Å². The normalized spacial score (nSPS) is 21.2. The number of hydrogen-bond donors (Lipinski definition) is 0. The third kappa shape index (κ3) is 3.03. The summed E-state index contributed by atoms with van der Waals surface area (Å²) < 4.78 is 5.47. The van der Waals surface area contributed by atoms with Crippen LogP contribution in [0, 0.1) is 5.92 Å². The van der Waals surface area contributed by atoms with Crippen LogP contribution >= 0.6 is 0 Å². The van der Waals surface area contributed by atoms with Gasteiger partial charge < -0.3 is 9.42 Å². The van der Waals surface area contributed by atoms with Crippen molar-refractivity contribution in [1.82, 2.24) is 10.1 Å². The van der Waals surface area contributed by atoms with Crippen LogP contribution < -0.4 is 0 Å². The van der Waals surface area contributed by atoms with E-state index in [1.54, 1.807) is 0 Å². The van der Waals surface area contributed by atoms with Crippen molar-refractivity contribution in [3.8, 4) is 11.3 Å². The van der Waals surface area contributed by atoms with Crippen LogP contribution in [0.1, 0.15) is 48.2 Å². The Balaban J connectivity index is 1.46. The molecule has 0 N–H and O–H groups in total. The summed E-state index contributed by atoms with van der Waals surface area (Å²) in [5.74, 6) is 1.13. The Bertz CT molecular complexity index is 702. The lowest BCUT2D eigenvalue weighted by Crippen LogP contribution is -2.25. The molecule has 2 heterocycles. The van der Waals surface area contributed by atoms with E-state index in [-0.39, 0.29) is 11.7 Å². The van der Waals surface area contributed by atoms with E-state index in [1.807, 2.05) is 30.3 Å². The molecule has 1 saturated heterocycles. The number of carbonyl (C=O) groups excluding carboxylic acids is 1. The first-order valence-electron chi connectivity index (χ1n) is 9.13. The van der Waals surface area contributed by atoms with Gasteiger partial charge in [0.05, 0.1) is 5.56 Å². The Morgan fingerprint density at radius 3 is 2.75 bits per heavy atom. The summed E-state index contributed by atoms with van der Waals surface area (Å²) in [7, 11) is 0. The molecule has 0 amide bonds. The number of benzene rings is 1. The van der Waals surface area contributed by atoms with Crippen LogP contribution in [0.2, 0.25) is 0 Å². The smallest absolute Gasteiger partial charge is 0.171 e. The average molecular weight is 324 g/mol. The van der Waals surface area contributed by atoms with Gasteiger partial charge in [-0.15, -0.1) is 0 Å². The topological polar surface area (TPSA) is 46.3 Å². The third-order valence-electron chi connectivity index (χ3n) is 5.37. The number of aryl methyl sites for hydroxylation is 1. The van der Waals surface area contributed by atoms with Crippen LogP contribution in [0.3, 0.4) is 0 Å². The van der Waals surface area contributed by atoms with E-state index in [9.17, 15) is 4.79 Å². The number of Topliss-reactive ketones (excluding diaryl/α,β-unsaturated/α-hetero) is 1. The minimum absolute atomic E-state index is 0.127. The molecule has 4 nitrogen and oxygen atoms in total. The van der Waals surface area contributed by atoms with Gasteiger partial charge in [-0.2, -0.15) is 0 Å². The second-order valence-corrected chi connectivity index (χ2v) is 6.99. The molecule has 1 aliphatic heterocycles. The van der Waals surface area contributed by atoms with Crippen molar-refractivity contribution in [1.29, 1.82) is 0 Å². The maximum absolute atomic E-state index is 13.0. The maximum Gasteiger partial charge on any atom is 0.171 e. The molecule has 1 aromatic heterocycles. The van der Waals surface area contributed by atoms with Crippen molar-refractivity contribution in [3.63, 3.8) is 0 Å². The van der Waals surface area contributed by atoms with Gasteiger partial charge in [0.2, 0.25) is 0 Å². The van der Waals surface area contributed by atoms with Crippen molar-refractivity contribution < 1.29 is 9.32 Å². The summed E-state index contributed by atoms with van der Waals surface area (Å²) in [4.78, 5) is 15.5. The predicted molar refractivity (Wildman–Crippen MR) is 93.0 cm³/mol. The van der Waals surface area contributed by atoms with Crippen molar-refractivity contribution in [3.05, 3.63) is 41.7 Å². The van der Waals surface area contributed by atoms with E-state index >= 15 is 0 Å². The summed E-state index contributed by atoms with van der Waals surface area (Å²) in [5, 5.41) is 4.19. The number of nitrogens with zero attached hydrogens (tertiary/aromatic N) is 2. The van der Waals surface area contributed by atoms with Gasteiger partial charge >= 0.3 is 0 Å². The molecule has 1 unspecified atom stereocenters. The molecule has 0 bridgehead atoms. The number of hydrogen-bond acceptors (Lipinski definition) is 4. The van der Waals surface area contributed by atoms with Gasteiger partial charge in [-0.3, -0.25) is 4.79 Å². The van der Waals surface area contributed by atoms with Crippen molar-refractivity contribution in [2.75, 3.05) is 19.6 Å². The van der Waals surface area contributed by atoms with Crippen molar-refractivity contribution >= 4 is 5.78 Å². The van der Waals surface area contributed by atoms with E-state index in [4.69, 9.17) is 4.52 Å². The highest BCUT2D eigenvalue weighted by Crippen LogP contribution is 2.35. The fraction of sp³-hybridized carbons (Fsp3) is 0.500. The van der Waals surface area contributed by atoms with Gasteiger partial charge in [0.15, 0.2) is 5.78 Å². The van der Waals surface area contributed by atoms with Crippen LogP contribution in [-0.2, 0) is 6.42 Å². The molecule has 4 rings (SSSR count). The van der Waals surface area contributed by atoms with E-state index in [0.29, 0.717) is 0 Å². The summed E-state index contributed by atoms with van der Waals surface area (Å²) in [6.45, 7) is 3.59. The predicted octanol–water partition coefficient (Wildman–Crippen LogP) is 3.96. The number of rotatable bonds is 5. The highest BCUT2D eigenvalue weighted by Gasteiger charge is 2.33. The lowest BCUT2D eigenvalue weighted by Gasteiger charge is -2.21. The summed E-state index contributed by atoms with van der Waals surface area (Å²) >= 11 is 0. The lowest BCUT2D eigenvalue weighted by atomic mass is 9.82. The number of fused-ring (bicyclic) bond motifs is 1. The second kappa shape index (κ2) is 6.89. The van der Waals surface area contributed by atoms with Crippen LogP contribution in [0.25, 0.3) is 11.3 Å². The average Bonchev–Trinajstić information content (AvgIpc) is 3.27. The maximum atomic E-state index is 13.0. The fourth-order valence-corrected chi connectivity index (χ4v) is 4.03. The van der Waals surface area contributed by atoms with Gasteiger partial charge in [-0.1, -0.05) is 35.5 Å². The summed E-state index contributed by atoms with van der Waals surface area (Å²) in [6, 6.07) is 9.89. The van der Waals surface area contributed by atoms with E-state index in [1.165, 1.54) is 25.9 Å². The molecule has 2 aromatic rings. The monoisotopic (exact) mass is 324 g/mol. The van der Waals surface area contributed by atoms with Crippen LogP contribution in [0.4, 0.5) is 0 Å². The zero-order valence-corrected chi connectivity index (χ0v) is 14.0. The SMILES string of the molecule is O=C1c2c(-c3ccccc3)noc2CCC1CCCN1CCCC1. The Labute approximate surface area is 142 Å². The number of ketones is 1. The van der Waals surface area contributed by atoms with E-state index < -0.39 is 0 Å². The molecular formula is C20H24N2O2. The summed E-state index contributed by atoms with van der Waals surface area (Å²) in [6.07, 6.45) is 6.47. The third-order valence-corrected chi connectivity index (χ3v) is 5.37. The molecule has 1 fully saturated rings. The van der Waals surface area contributed by atoms with Crippen LogP contribution in [-0.4, -0.2) is 35.5 Å². The highest BCUT2D eigenvalue weighted by molar-refractivity contribution is 6.04. The molecular weight excluding hydrogens is 300 g/mol. The minimum Gasteiger partial charge on any atom is -0.360 e. The first-order valence-corrected chi connectivity index (χ1v) is 9.13. The Kier molecular flexibility index (Phi) is 4.48. The van der Waals surface area contributed by atoms with Crippen molar-refractivity contribution in [2.45, 2.75) is 38.5 Å². The molecule has 126 valence electrons. The van der Waals surface area contributed by atoms with Gasteiger partial charge in [0.25, 0.3) is 0 Å². The minimum atomic E-state index is 0.127. The zero-order chi connectivity index (χ0) is 16.4. The summed E-state index contributed by atoms with van der Waals surface area (Å²) in [5.41, 5.74) is 2.42. The number of carbonyl (C=O) groups is 1. The molecule has 0 saturated carbocycles. The van der Waals surface area contributed by atoms with Gasteiger partial charge in [-0.05, 0) is 51.7 Å². The molecule has 1 aromatic carbocycles. The van der Waals surface area contributed by atoms with E-state index in [2.05, 4.69) is 10.1 Å². The van der Waals surface area contributed by atoms with Crippen LogP contribution in [0.15, 0.2) is 34.9 Å². The molecule has 24 heavy (non-hydrogen) atoms. The zero-order valence-electron chi connectivity index (χ0n) is 14.0. The fourth-order valence-electron chi connectivity index (χ4n) is 4.03. The molecule has 1 aliphatic carbocycles. The van der Waals surface area contributed by atoms with Crippen molar-refractivity contribution in [2.24, 2.45) is 5.92 Å². The quantitative estimate of drug-likeness (QED) is 0.835. The van der Waals surface area contributed by atoms with Gasteiger partial charge in [0.1, 0.15) is 11.5 Å². The number of likely N-dealkylation sites (tertiary alicyclic amines) is 1. The Hall–Kier alpha value is -1.94. The standard InChI is InChI=1S/C20H24N2O2/c23-20-16(9-6-14-22-12-4-5-13-22)10-11-17-18(20)19(21-24-17)15-7-2-1-3-8-15/h1-3,7-8,16H,4-6,9-14H2. The van der Waals surface area contributed by atoms with Crippen LogP contribution in [0.5, 0.6) is 0 Å². The molecule has 0 radical (unpaired) electrons. The van der Waals surface area contributed by atoms with Gasteiger partial charge in [-0.25, -0.2) is 0 Å².